The predicted octanol–water partition coefficient (Wildman–Crippen LogP) is 1.30. The molecule has 6 heteroatoms. The highest BCUT2D eigenvalue weighted by atomic mass is 16.5. The molecule has 0 aliphatic rings. The Kier molecular flexibility index (Phi) is 5.19. The molecule has 1 aromatic carbocycles. The van der Waals surface area contributed by atoms with Crippen molar-refractivity contribution < 1.29 is 14.3 Å². The predicted molar refractivity (Wildman–Crippen MR) is 80.2 cm³/mol. The van der Waals surface area contributed by atoms with E-state index in [4.69, 9.17) is 4.74 Å². The van der Waals surface area contributed by atoms with Crippen molar-refractivity contribution in [3.8, 4) is 0 Å². The largest absolute Gasteiger partial charge is 0.467 e. The van der Waals surface area contributed by atoms with Crippen LogP contribution in [0.4, 0.5) is 0 Å². The van der Waals surface area contributed by atoms with Crippen molar-refractivity contribution in [3.63, 3.8) is 0 Å². The van der Waals surface area contributed by atoms with Gasteiger partial charge < -0.3 is 10.1 Å². The summed E-state index contributed by atoms with van der Waals surface area (Å²) < 4.78 is 4.75. The van der Waals surface area contributed by atoms with Crippen LogP contribution in [0.5, 0.6) is 0 Å². The topological polar surface area (TPSA) is 81.2 Å². The van der Waals surface area contributed by atoms with E-state index in [2.05, 4.69) is 15.3 Å². The van der Waals surface area contributed by atoms with Gasteiger partial charge in [-0.2, -0.15) is 0 Å². The van der Waals surface area contributed by atoms with Crippen LogP contribution in [0, 0.1) is 6.92 Å². The molecule has 0 saturated carbocycles. The van der Waals surface area contributed by atoms with E-state index in [1.165, 1.54) is 19.5 Å². The third-order valence-electron chi connectivity index (χ3n) is 3.09. The number of amides is 1. The molecular weight excluding hydrogens is 282 g/mol. The summed E-state index contributed by atoms with van der Waals surface area (Å²) in [6, 6.07) is 8.62. The molecule has 2 aromatic rings. The summed E-state index contributed by atoms with van der Waals surface area (Å²) in [5.74, 6) is -0.962. The number of esters is 1. The second-order valence-electron chi connectivity index (χ2n) is 4.78. The highest BCUT2D eigenvalue weighted by molar-refractivity contribution is 5.95. The Labute approximate surface area is 128 Å². The molecule has 0 spiro atoms. The molecule has 22 heavy (non-hydrogen) atoms. The minimum atomic E-state index is -0.775. The number of nitrogens with zero attached hydrogens (tertiary/aromatic N) is 2. The molecule has 1 aromatic heterocycles. The van der Waals surface area contributed by atoms with E-state index in [0.29, 0.717) is 12.1 Å². The Morgan fingerprint density at radius 3 is 2.50 bits per heavy atom. The zero-order valence-corrected chi connectivity index (χ0v) is 12.4. The van der Waals surface area contributed by atoms with Crippen LogP contribution in [0.3, 0.4) is 0 Å². The second-order valence-corrected chi connectivity index (χ2v) is 4.78. The number of nitrogens with one attached hydrogen (secondary N) is 1. The van der Waals surface area contributed by atoms with Crippen molar-refractivity contribution in [2.75, 3.05) is 7.11 Å². The molecule has 1 N–H and O–H groups in total. The van der Waals surface area contributed by atoms with Gasteiger partial charge in [0.25, 0.3) is 5.91 Å². The first-order chi connectivity index (χ1) is 10.6. The normalized spacial score (nSPS) is 11.5. The van der Waals surface area contributed by atoms with E-state index >= 15 is 0 Å². The third-order valence-corrected chi connectivity index (χ3v) is 3.09. The summed E-state index contributed by atoms with van der Waals surface area (Å²) in [5, 5.41) is 2.64. The van der Waals surface area contributed by atoms with Crippen LogP contribution in [0.2, 0.25) is 0 Å². The average molecular weight is 299 g/mol. The fraction of sp³-hybridized carbons (Fsp3) is 0.250. The van der Waals surface area contributed by atoms with E-state index in [1.54, 1.807) is 6.92 Å². The van der Waals surface area contributed by atoms with E-state index in [9.17, 15) is 9.59 Å². The van der Waals surface area contributed by atoms with Crippen molar-refractivity contribution in [1.82, 2.24) is 15.3 Å². The van der Waals surface area contributed by atoms with Gasteiger partial charge in [-0.3, -0.25) is 9.78 Å². The van der Waals surface area contributed by atoms with E-state index in [0.717, 1.165) is 5.56 Å². The lowest BCUT2D eigenvalue weighted by Gasteiger charge is -2.16. The zero-order valence-electron chi connectivity index (χ0n) is 12.4. The Morgan fingerprint density at radius 2 is 1.91 bits per heavy atom. The zero-order chi connectivity index (χ0) is 15.9. The monoisotopic (exact) mass is 299 g/mol. The SMILES string of the molecule is COC(=O)C(Cc1ccccc1)NC(=O)c1cnc(C)cn1. The summed E-state index contributed by atoms with van der Waals surface area (Å²) in [4.78, 5) is 32.0. The van der Waals surface area contributed by atoms with Crippen LogP contribution < -0.4 is 5.32 Å². The highest BCUT2D eigenvalue weighted by Crippen LogP contribution is 2.05. The van der Waals surface area contributed by atoms with Crippen LogP contribution >= 0.6 is 0 Å². The maximum Gasteiger partial charge on any atom is 0.328 e. The number of carbonyl (C=O) groups excluding carboxylic acids is 2. The van der Waals surface area contributed by atoms with Crippen LogP contribution in [0.1, 0.15) is 21.7 Å². The maximum atomic E-state index is 12.2. The van der Waals surface area contributed by atoms with Crippen molar-refractivity contribution in [3.05, 3.63) is 59.7 Å². The highest BCUT2D eigenvalue weighted by Gasteiger charge is 2.23. The number of hydrogen-bond donors (Lipinski definition) is 1. The number of methoxy groups -OCH3 is 1. The smallest absolute Gasteiger partial charge is 0.328 e. The van der Waals surface area contributed by atoms with Crippen molar-refractivity contribution in [1.29, 1.82) is 0 Å². The standard InChI is InChI=1S/C16H17N3O3/c1-11-9-18-14(10-17-11)15(20)19-13(16(21)22-2)8-12-6-4-3-5-7-12/h3-7,9-10,13H,8H2,1-2H3,(H,19,20). The van der Waals surface area contributed by atoms with Crippen LogP contribution in [0.15, 0.2) is 42.7 Å². The fourth-order valence-electron chi connectivity index (χ4n) is 1.93. The Hall–Kier alpha value is -2.76. The molecular formula is C16H17N3O3. The van der Waals surface area contributed by atoms with Gasteiger partial charge in [0.15, 0.2) is 0 Å². The van der Waals surface area contributed by atoms with Gasteiger partial charge in [-0.15, -0.1) is 0 Å². The number of ether oxygens (including phenoxy) is 1. The summed E-state index contributed by atoms with van der Waals surface area (Å²) in [6.07, 6.45) is 3.22. The molecule has 0 aliphatic heterocycles. The number of rotatable bonds is 5. The number of aryl methyl sites for hydroxylation is 1. The van der Waals surface area contributed by atoms with Crippen molar-refractivity contribution in [2.24, 2.45) is 0 Å². The lowest BCUT2D eigenvalue weighted by atomic mass is 10.1. The van der Waals surface area contributed by atoms with Gasteiger partial charge in [-0.05, 0) is 12.5 Å². The maximum absolute atomic E-state index is 12.2. The molecule has 114 valence electrons. The summed E-state index contributed by atoms with van der Waals surface area (Å²) in [6.45, 7) is 1.78. The van der Waals surface area contributed by atoms with Crippen molar-refractivity contribution in [2.45, 2.75) is 19.4 Å². The Bertz CT molecular complexity index is 641. The lowest BCUT2D eigenvalue weighted by Crippen LogP contribution is -2.43. The average Bonchev–Trinajstić information content (AvgIpc) is 2.55. The first-order valence-electron chi connectivity index (χ1n) is 6.81. The minimum absolute atomic E-state index is 0.160. The van der Waals surface area contributed by atoms with Gasteiger partial charge in [0.05, 0.1) is 19.0 Å². The van der Waals surface area contributed by atoms with Crippen molar-refractivity contribution >= 4 is 11.9 Å². The molecule has 2 rings (SSSR count). The van der Waals surface area contributed by atoms with Gasteiger partial charge in [0, 0.05) is 12.6 Å². The lowest BCUT2D eigenvalue weighted by molar-refractivity contribution is -0.142. The summed E-state index contributed by atoms with van der Waals surface area (Å²) in [7, 11) is 1.29. The molecule has 0 aliphatic carbocycles. The molecule has 6 nitrogen and oxygen atoms in total. The molecule has 1 unspecified atom stereocenters. The number of carbonyl (C=O) groups is 2. The second kappa shape index (κ2) is 7.31. The minimum Gasteiger partial charge on any atom is -0.467 e. The van der Waals surface area contributed by atoms with Crippen LogP contribution in [-0.4, -0.2) is 35.0 Å². The van der Waals surface area contributed by atoms with Crippen LogP contribution in [-0.2, 0) is 16.0 Å². The number of aromatic nitrogens is 2. The molecule has 0 fully saturated rings. The molecule has 0 saturated heterocycles. The molecule has 0 bridgehead atoms. The number of hydrogen-bond acceptors (Lipinski definition) is 5. The van der Waals surface area contributed by atoms with Crippen LogP contribution in [0.25, 0.3) is 0 Å². The molecule has 1 amide bonds. The first-order valence-corrected chi connectivity index (χ1v) is 6.81. The van der Waals surface area contributed by atoms with Gasteiger partial charge in [0.1, 0.15) is 11.7 Å². The van der Waals surface area contributed by atoms with E-state index < -0.39 is 17.9 Å². The summed E-state index contributed by atoms with van der Waals surface area (Å²) in [5.41, 5.74) is 1.80. The van der Waals surface area contributed by atoms with Gasteiger partial charge in [-0.25, -0.2) is 9.78 Å². The van der Waals surface area contributed by atoms with Gasteiger partial charge in [-0.1, -0.05) is 30.3 Å². The molecule has 0 radical (unpaired) electrons. The third kappa shape index (κ3) is 4.12. The van der Waals surface area contributed by atoms with Gasteiger partial charge in [0.2, 0.25) is 0 Å². The fourth-order valence-corrected chi connectivity index (χ4v) is 1.93. The van der Waals surface area contributed by atoms with E-state index in [-0.39, 0.29) is 5.69 Å². The van der Waals surface area contributed by atoms with E-state index in [1.807, 2.05) is 30.3 Å². The first kappa shape index (κ1) is 15.6. The Morgan fingerprint density at radius 1 is 1.18 bits per heavy atom. The Balaban J connectivity index is 2.11. The molecule has 1 atom stereocenters. The van der Waals surface area contributed by atoms with Gasteiger partial charge >= 0.3 is 5.97 Å². The number of benzene rings is 1. The molecule has 1 heterocycles. The quantitative estimate of drug-likeness (QED) is 0.842. The summed E-state index contributed by atoms with van der Waals surface area (Å²) >= 11 is 0.